The van der Waals surface area contributed by atoms with Crippen molar-refractivity contribution in [3.8, 4) is 0 Å². The summed E-state index contributed by atoms with van der Waals surface area (Å²) >= 11 is 0. The van der Waals surface area contributed by atoms with E-state index in [2.05, 4.69) is 10.1 Å². The van der Waals surface area contributed by atoms with E-state index in [4.69, 9.17) is 0 Å². The van der Waals surface area contributed by atoms with Crippen LogP contribution in [-0.2, 0) is 14.6 Å². The van der Waals surface area contributed by atoms with Gasteiger partial charge in [0, 0.05) is 6.26 Å². The topological polar surface area (TPSA) is 89.5 Å². The van der Waals surface area contributed by atoms with Gasteiger partial charge in [-0.15, -0.1) is 0 Å². The number of ether oxygens (including phenoxy) is 1. The van der Waals surface area contributed by atoms with E-state index in [0.717, 1.165) is 6.26 Å². The van der Waals surface area contributed by atoms with E-state index in [-0.39, 0.29) is 21.7 Å². The smallest absolute Gasteiger partial charge is 0.339 e. The number of carbonyl (C=O) groups is 2. The molecular weight excluding hydrogens is 318 g/mol. The van der Waals surface area contributed by atoms with Gasteiger partial charge < -0.3 is 10.1 Å². The summed E-state index contributed by atoms with van der Waals surface area (Å²) < 4.78 is 28.2. The second-order valence-corrected chi connectivity index (χ2v) is 6.74. The summed E-state index contributed by atoms with van der Waals surface area (Å²) in [7, 11) is -2.32. The van der Waals surface area contributed by atoms with Gasteiger partial charge in [-0.3, -0.25) is 4.79 Å². The average Bonchev–Trinajstić information content (AvgIpc) is 2.54. The average molecular weight is 333 g/mol. The van der Waals surface area contributed by atoms with Gasteiger partial charge in [0.1, 0.15) is 0 Å². The van der Waals surface area contributed by atoms with E-state index in [0.29, 0.717) is 0 Å². The molecule has 2 rings (SSSR count). The molecule has 0 heterocycles. The minimum absolute atomic E-state index is 0.00895. The number of methoxy groups -OCH3 is 1. The van der Waals surface area contributed by atoms with Crippen molar-refractivity contribution >= 4 is 27.4 Å². The van der Waals surface area contributed by atoms with Gasteiger partial charge in [-0.05, 0) is 24.3 Å². The Morgan fingerprint density at radius 2 is 1.52 bits per heavy atom. The predicted octanol–water partition coefficient (Wildman–Crippen LogP) is 2.13. The van der Waals surface area contributed by atoms with Gasteiger partial charge in [-0.2, -0.15) is 0 Å². The zero-order valence-corrected chi connectivity index (χ0v) is 13.4. The molecule has 0 unspecified atom stereocenters. The number of esters is 1. The van der Waals surface area contributed by atoms with Crippen LogP contribution in [0.15, 0.2) is 53.4 Å². The molecular formula is C16H15NO5S. The van der Waals surface area contributed by atoms with Crippen LogP contribution in [-0.4, -0.2) is 33.7 Å². The molecule has 0 radical (unpaired) electrons. The summed E-state index contributed by atoms with van der Waals surface area (Å²) in [5.74, 6) is -1.22. The third kappa shape index (κ3) is 3.75. The van der Waals surface area contributed by atoms with Gasteiger partial charge >= 0.3 is 5.97 Å². The SMILES string of the molecule is COC(=O)c1ccccc1NC(=O)c1ccccc1S(C)(=O)=O. The summed E-state index contributed by atoms with van der Waals surface area (Å²) in [6.07, 6.45) is 1.03. The summed E-state index contributed by atoms with van der Waals surface area (Å²) in [6.45, 7) is 0. The monoisotopic (exact) mass is 333 g/mol. The van der Waals surface area contributed by atoms with E-state index in [1.165, 1.54) is 37.4 Å². The van der Waals surface area contributed by atoms with Crippen LogP contribution in [0.5, 0.6) is 0 Å². The molecule has 0 spiro atoms. The predicted molar refractivity (Wildman–Crippen MR) is 85.3 cm³/mol. The zero-order valence-electron chi connectivity index (χ0n) is 12.6. The van der Waals surface area contributed by atoms with Crippen molar-refractivity contribution in [3.63, 3.8) is 0 Å². The van der Waals surface area contributed by atoms with Crippen molar-refractivity contribution in [2.24, 2.45) is 0 Å². The summed E-state index contributed by atoms with van der Waals surface area (Å²) in [5.41, 5.74) is 0.433. The minimum atomic E-state index is -3.55. The molecule has 0 aliphatic carbocycles. The molecule has 1 amide bonds. The van der Waals surface area contributed by atoms with Crippen LogP contribution in [0.25, 0.3) is 0 Å². The van der Waals surface area contributed by atoms with Crippen LogP contribution >= 0.6 is 0 Å². The van der Waals surface area contributed by atoms with Crippen molar-refractivity contribution in [3.05, 3.63) is 59.7 Å². The molecule has 7 heteroatoms. The fraction of sp³-hybridized carbons (Fsp3) is 0.125. The lowest BCUT2D eigenvalue weighted by Gasteiger charge is -2.11. The highest BCUT2D eigenvalue weighted by Gasteiger charge is 2.20. The first kappa shape index (κ1) is 16.7. The number of anilines is 1. The van der Waals surface area contributed by atoms with E-state index in [1.807, 2.05) is 0 Å². The molecule has 1 N–H and O–H groups in total. The van der Waals surface area contributed by atoms with Crippen LogP contribution < -0.4 is 5.32 Å². The second kappa shape index (κ2) is 6.62. The Morgan fingerprint density at radius 3 is 2.13 bits per heavy atom. The summed E-state index contributed by atoms with van der Waals surface area (Å²) in [4.78, 5) is 24.1. The lowest BCUT2D eigenvalue weighted by Crippen LogP contribution is -2.18. The van der Waals surface area contributed by atoms with Crippen molar-refractivity contribution in [2.75, 3.05) is 18.7 Å². The largest absolute Gasteiger partial charge is 0.465 e. The zero-order chi connectivity index (χ0) is 17.0. The number of para-hydroxylation sites is 1. The lowest BCUT2D eigenvalue weighted by atomic mass is 10.1. The van der Waals surface area contributed by atoms with Crippen molar-refractivity contribution in [1.29, 1.82) is 0 Å². The molecule has 6 nitrogen and oxygen atoms in total. The molecule has 2 aromatic carbocycles. The van der Waals surface area contributed by atoms with Gasteiger partial charge in [-0.1, -0.05) is 24.3 Å². The fourth-order valence-electron chi connectivity index (χ4n) is 2.05. The van der Waals surface area contributed by atoms with Crippen LogP contribution in [0, 0.1) is 0 Å². The molecule has 0 saturated carbocycles. The van der Waals surface area contributed by atoms with Gasteiger partial charge in [0.05, 0.1) is 28.8 Å². The van der Waals surface area contributed by atoms with Gasteiger partial charge in [0.2, 0.25) is 0 Å². The first-order valence-electron chi connectivity index (χ1n) is 6.62. The standard InChI is InChI=1S/C16H15NO5S/c1-22-16(19)11-7-3-5-9-13(11)17-15(18)12-8-4-6-10-14(12)23(2,20)21/h3-10H,1-2H3,(H,17,18). The molecule has 0 aliphatic heterocycles. The van der Waals surface area contributed by atoms with Crippen molar-refractivity contribution < 1.29 is 22.7 Å². The highest BCUT2D eigenvalue weighted by Crippen LogP contribution is 2.20. The quantitative estimate of drug-likeness (QED) is 0.866. The Labute approximate surface area is 134 Å². The number of carbonyl (C=O) groups excluding carboxylic acids is 2. The Morgan fingerprint density at radius 1 is 0.957 bits per heavy atom. The molecule has 0 bridgehead atoms. The maximum absolute atomic E-state index is 12.4. The third-order valence-corrected chi connectivity index (χ3v) is 4.27. The normalized spacial score (nSPS) is 10.9. The highest BCUT2D eigenvalue weighted by molar-refractivity contribution is 7.90. The van der Waals surface area contributed by atoms with Gasteiger partial charge in [-0.25, -0.2) is 13.2 Å². The minimum Gasteiger partial charge on any atom is -0.465 e. The van der Waals surface area contributed by atoms with E-state index >= 15 is 0 Å². The van der Waals surface area contributed by atoms with Gasteiger partial charge in [0.25, 0.3) is 5.91 Å². The number of rotatable bonds is 4. The number of amides is 1. The second-order valence-electron chi connectivity index (χ2n) is 4.76. The molecule has 23 heavy (non-hydrogen) atoms. The summed E-state index contributed by atoms with van der Waals surface area (Å²) in [6, 6.07) is 12.2. The van der Waals surface area contributed by atoms with Crippen molar-refractivity contribution in [1.82, 2.24) is 0 Å². The number of sulfone groups is 1. The van der Waals surface area contributed by atoms with E-state index in [1.54, 1.807) is 18.2 Å². The molecule has 2 aromatic rings. The van der Waals surface area contributed by atoms with E-state index in [9.17, 15) is 18.0 Å². The van der Waals surface area contributed by atoms with Crippen LogP contribution in [0.3, 0.4) is 0 Å². The van der Waals surface area contributed by atoms with Crippen molar-refractivity contribution in [2.45, 2.75) is 4.90 Å². The number of benzene rings is 2. The molecule has 120 valence electrons. The first-order chi connectivity index (χ1) is 10.8. The number of nitrogens with one attached hydrogen (secondary N) is 1. The Bertz CT molecular complexity index is 858. The van der Waals surface area contributed by atoms with Crippen LogP contribution in [0.2, 0.25) is 0 Å². The number of hydrogen-bond acceptors (Lipinski definition) is 5. The van der Waals surface area contributed by atoms with E-state index < -0.39 is 21.7 Å². The summed E-state index contributed by atoms with van der Waals surface area (Å²) in [5, 5.41) is 2.55. The fourth-order valence-corrected chi connectivity index (χ4v) is 2.93. The molecule has 0 fully saturated rings. The van der Waals surface area contributed by atoms with Crippen LogP contribution in [0.1, 0.15) is 20.7 Å². The number of hydrogen-bond donors (Lipinski definition) is 1. The third-order valence-electron chi connectivity index (χ3n) is 3.11. The molecule has 0 atom stereocenters. The highest BCUT2D eigenvalue weighted by atomic mass is 32.2. The maximum Gasteiger partial charge on any atom is 0.339 e. The Balaban J connectivity index is 2.41. The molecule has 0 aromatic heterocycles. The maximum atomic E-state index is 12.4. The first-order valence-corrected chi connectivity index (χ1v) is 8.51. The molecule has 0 saturated heterocycles. The van der Waals surface area contributed by atoms with Crippen LogP contribution in [0.4, 0.5) is 5.69 Å². The lowest BCUT2D eigenvalue weighted by molar-refractivity contribution is 0.0602. The van der Waals surface area contributed by atoms with Gasteiger partial charge in [0.15, 0.2) is 9.84 Å². The Kier molecular flexibility index (Phi) is 4.80. The Hall–Kier alpha value is -2.67. The molecule has 0 aliphatic rings.